The SMILES string of the molecule is Cc1c(NC(=O)c2nn(CC(C)C)c(=O)c3ccccc23)cccc1[N+](=O)[O-]. The lowest BCUT2D eigenvalue weighted by atomic mass is 10.1. The maximum atomic E-state index is 13.0. The number of carbonyl (C=O) groups excluding carboxylic acids is 1. The summed E-state index contributed by atoms with van der Waals surface area (Å²) in [5.41, 5.74) is 0.432. The molecule has 0 bridgehead atoms. The van der Waals surface area contributed by atoms with Crippen molar-refractivity contribution in [2.45, 2.75) is 27.3 Å². The Morgan fingerprint density at radius 2 is 1.86 bits per heavy atom. The smallest absolute Gasteiger partial charge is 0.276 e. The molecular formula is C20H20N4O4. The number of anilines is 1. The standard InChI is InChI=1S/C20H20N4O4/c1-12(2)11-23-20(26)15-8-5-4-7-14(15)18(22-23)19(25)21-16-9-6-10-17(13(16)3)24(27)28/h4-10,12H,11H2,1-3H3,(H,21,25). The minimum atomic E-state index is -0.530. The Balaban J connectivity index is 2.09. The van der Waals surface area contributed by atoms with Crippen molar-refractivity contribution in [2.75, 3.05) is 5.32 Å². The maximum Gasteiger partial charge on any atom is 0.276 e. The topological polar surface area (TPSA) is 107 Å². The molecule has 0 unspecified atom stereocenters. The largest absolute Gasteiger partial charge is 0.320 e. The molecule has 1 aromatic heterocycles. The van der Waals surface area contributed by atoms with Crippen molar-refractivity contribution in [3.8, 4) is 0 Å². The van der Waals surface area contributed by atoms with Gasteiger partial charge in [-0.15, -0.1) is 0 Å². The highest BCUT2D eigenvalue weighted by Gasteiger charge is 2.20. The third-order valence-electron chi connectivity index (χ3n) is 4.37. The van der Waals surface area contributed by atoms with Crippen LogP contribution in [0.5, 0.6) is 0 Å². The van der Waals surface area contributed by atoms with Crippen LogP contribution in [0.4, 0.5) is 11.4 Å². The highest BCUT2D eigenvalue weighted by molar-refractivity contribution is 6.11. The van der Waals surface area contributed by atoms with Crippen molar-refractivity contribution in [3.05, 3.63) is 74.2 Å². The second kappa shape index (κ2) is 7.59. The number of nitro benzene ring substituents is 1. The third-order valence-corrected chi connectivity index (χ3v) is 4.37. The van der Waals surface area contributed by atoms with Crippen LogP contribution in [0.3, 0.4) is 0 Å². The van der Waals surface area contributed by atoms with E-state index in [1.54, 1.807) is 37.3 Å². The van der Waals surface area contributed by atoms with Crippen molar-refractivity contribution in [3.63, 3.8) is 0 Å². The third kappa shape index (κ3) is 3.62. The van der Waals surface area contributed by atoms with E-state index in [9.17, 15) is 19.7 Å². The molecule has 3 aromatic rings. The molecule has 0 aliphatic rings. The summed E-state index contributed by atoms with van der Waals surface area (Å²) in [4.78, 5) is 36.2. The number of benzene rings is 2. The molecule has 0 fully saturated rings. The molecule has 144 valence electrons. The molecule has 8 heteroatoms. The average Bonchev–Trinajstić information content (AvgIpc) is 2.65. The first-order valence-electron chi connectivity index (χ1n) is 8.84. The molecule has 3 rings (SSSR count). The van der Waals surface area contributed by atoms with E-state index in [4.69, 9.17) is 0 Å². The van der Waals surface area contributed by atoms with Crippen LogP contribution in [0.2, 0.25) is 0 Å². The van der Waals surface area contributed by atoms with Gasteiger partial charge in [-0.1, -0.05) is 38.1 Å². The summed E-state index contributed by atoms with van der Waals surface area (Å²) in [5.74, 6) is -0.362. The lowest BCUT2D eigenvalue weighted by Gasteiger charge is -2.13. The monoisotopic (exact) mass is 380 g/mol. The molecule has 28 heavy (non-hydrogen) atoms. The first-order valence-corrected chi connectivity index (χ1v) is 8.84. The quantitative estimate of drug-likeness (QED) is 0.538. The van der Waals surface area contributed by atoms with Crippen molar-refractivity contribution >= 4 is 28.1 Å². The Hall–Kier alpha value is -3.55. The van der Waals surface area contributed by atoms with Gasteiger partial charge >= 0.3 is 0 Å². The number of nitro groups is 1. The molecule has 8 nitrogen and oxygen atoms in total. The molecule has 1 heterocycles. The maximum absolute atomic E-state index is 13.0. The summed E-state index contributed by atoms with van der Waals surface area (Å²) >= 11 is 0. The number of aromatic nitrogens is 2. The number of nitrogens with one attached hydrogen (secondary N) is 1. The molecule has 2 aromatic carbocycles. The molecular weight excluding hydrogens is 360 g/mol. The van der Waals surface area contributed by atoms with Gasteiger partial charge in [-0.3, -0.25) is 19.7 Å². The van der Waals surface area contributed by atoms with E-state index in [0.29, 0.717) is 28.6 Å². The second-order valence-corrected chi connectivity index (χ2v) is 6.94. The lowest BCUT2D eigenvalue weighted by molar-refractivity contribution is -0.385. The summed E-state index contributed by atoms with van der Waals surface area (Å²) < 4.78 is 1.29. The number of rotatable bonds is 5. The number of hydrogen-bond acceptors (Lipinski definition) is 5. The lowest BCUT2D eigenvalue weighted by Crippen LogP contribution is -2.29. The normalized spacial score (nSPS) is 11.0. The highest BCUT2D eigenvalue weighted by Crippen LogP contribution is 2.26. The molecule has 0 saturated carbocycles. The summed E-state index contributed by atoms with van der Waals surface area (Å²) in [6.45, 7) is 5.85. The number of hydrogen-bond donors (Lipinski definition) is 1. The Morgan fingerprint density at radius 1 is 1.18 bits per heavy atom. The van der Waals surface area contributed by atoms with Crippen molar-refractivity contribution < 1.29 is 9.72 Å². The molecule has 0 saturated heterocycles. The van der Waals surface area contributed by atoms with Gasteiger partial charge in [-0.25, -0.2) is 4.68 Å². The molecule has 1 N–H and O–H groups in total. The fourth-order valence-electron chi connectivity index (χ4n) is 3.01. The van der Waals surface area contributed by atoms with Crippen molar-refractivity contribution in [1.29, 1.82) is 0 Å². The van der Waals surface area contributed by atoms with Crippen LogP contribution in [0.1, 0.15) is 29.9 Å². The van der Waals surface area contributed by atoms with Crippen LogP contribution < -0.4 is 10.9 Å². The van der Waals surface area contributed by atoms with Gasteiger partial charge in [-0.2, -0.15) is 5.10 Å². The van der Waals surface area contributed by atoms with Gasteiger partial charge in [0.05, 0.1) is 21.6 Å². The van der Waals surface area contributed by atoms with Gasteiger partial charge in [-0.05, 0) is 25.0 Å². The van der Waals surface area contributed by atoms with Gasteiger partial charge in [0.15, 0.2) is 5.69 Å². The highest BCUT2D eigenvalue weighted by atomic mass is 16.6. The number of amides is 1. The minimum Gasteiger partial charge on any atom is -0.320 e. The van der Waals surface area contributed by atoms with E-state index < -0.39 is 10.8 Å². The fraction of sp³-hybridized carbons (Fsp3) is 0.250. The summed E-state index contributed by atoms with van der Waals surface area (Å²) in [7, 11) is 0. The number of fused-ring (bicyclic) bond motifs is 1. The van der Waals surface area contributed by atoms with Crippen molar-refractivity contribution in [1.82, 2.24) is 9.78 Å². The van der Waals surface area contributed by atoms with Crippen molar-refractivity contribution in [2.24, 2.45) is 5.92 Å². The van der Waals surface area contributed by atoms with Crippen LogP contribution >= 0.6 is 0 Å². The van der Waals surface area contributed by atoms with Crippen LogP contribution in [0.25, 0.3) is 10.8 Å². The summed E-state index contributed by atoms with van der Waals surface area (Å²) in [6, 6.07) is 11.3. The molecule has 0 radical (unpaired) electrons. The van der Waals surface area contributed by atoms with Crippen LogP contribution in [-0.2, 0) is 6.54 Å². The van der Waals surface area contributed by atoms with E-state index in [1.165, 1.54) is 16.8 Å². The van der Waals surface area contributed by atoms with Crippen LogP contribution in [-0.4, -0.2) is 20.6 Å². The predicted octanol–water partition coefficient (Wildman–Crippen LogP) is 3.52. The van der Waals surface area contributed by atoms with Gasteiger partial charge < -0.3 is 5.32 Å². The van der Waals surface area contributed by atoms with Crippen LogP contribution in [0.15, 0.2) is 47.3 Å². The summed E-state index contributed by atoms with van der Waals surface area (Å²) in [6.07, 6.45) is 0. The van der Waals surface area contributed by atoms with E-state index in [0.717, 1.165) is 0 Å². The van der Waals surface area contributed by atoms with Gasteiger partial charge in [0.1, 0.15) is 0 Å². The van der Waals surface area contributed by atoms with Gasteiger partial charge in [0.2, 0.25) is 0 Å². The zero-order valence-electron chi connectivity index (χ0n) is 15.8. The molecule has 0 aliphatic carbocycles. The minimum absolute atomic E-state index is 0.0830. The zero-order chi connectivity index (χ0) is 20.4. The number of nitrogens with zero attached hydrogens (tertiary/aromatic N) is 3. The Morgan fingerprint density at radius 3 is 2.50 bits per heavy atom. The summed E-state index contributed by atoms with van der Waals surface area (Å²) in [5, 5.41) is 18.9. The van der Waals surface area contributed by atoms with E-state index in [-0.39, 0.29) is 22.9 Å². The van der Waals surface area contributed by atoms with Crippen LogP contribution in [0, 0.1) is 23.0 Å². The first-order chi connectivity index (χ1) is 13.3. The molecule has 1 amide bonds. The van der Waals surface area contributed by atoms with E-state index >= 15 is 0 Å². The Bertz CT molecular complexity index is 1130. The number of carbonyl (C=O) groups is 1. The molecule has 0 atom stereocenters. The zero-order valence-corrected chi connectivity index (χ0v) is 15.8. The van der Waals surface area contributed by atoms with E-state index in [1.807, 2.05) is 13.8 Å². The van der Waals surface area contributed by atoms with Gasteiger partial charge in [0, 0.05) is 18.0 Å². The van der Waals surface area contributed by atoms with Gasteiger partial charge in [0.25, 0.3) is 17.2 Å². The molecule has 0 aliphatic heterocycles. The average molecular weight is 380 g/mol. The fourth-order valence-corrected chi connectivity index (χ4v) is 3.01. The van der Waals surface area contributed by atoms with E-state index in [2.05, 4.69) is 10.4 Å². The second-order valence-electron chi connectivity index (χ2n) is 6.94. The molecule has 0 spiro atoms. The predicted molar refractivity (Wildman–Crippen MR) is 107 cm³/mol. The first kappa shape index (κ1) is 19.2. The Labute approximate surface area is 161 Å². The Kier molecular flexibility index (Phi) is 5.21.